The smallest absolute Gasteiger partial charge is 0.0318 e. The zero-order valence-electron chi connectivity index (χ0n) is 13.0. The highest BCUT2D eigenvalue weighted by Gasteiger charge is 2.59. The molecule has 2 aliphatic carbocycles. The Morgan fingerprint density at radius 1 is 0.941 bits per heavy atom. The Hall–Kier alpha value is 0. The van der Waals surface area contributed by atoms with Gasteiger partial charge in [0.15, 0.2) is 0 Å². The first kappa shape index (κ1) is 13.4. The Bertz CT molecular complexity index is 272. The quantitative estimate of drug-likeness (QED) is 0.627. The van der Waals surface area contributed by atoms with Crippen molar-refractivity contribution in [1.82, 2.24) is 0 Å². The molecule has 2 fully saturated rings. The van der Waals surface area contributed by atoms with E-state index >= 15 is 0 Å². The molecular formula is C17H32. The number of rotatable bonds is 4. The minimum Gasteiger partial charge on any atom is -0.0625 e. The Morgan fingerprint density at radius 2 is 1.47 bits per heavy atom. The van der Waals surface area contributed by atoms with Crippen LogP contribution in [0, 0.1) is 46.8 Å². The summed E-state index contributed by atoms with van der Waals surface area (Å²) in [6.45, 7) is 17.1. The fourth-order valence-electron chi connectivity index (χ4n) is 4.29. The molecule has 0 N–H and O–H groups in total. The van der Waals surface area contributed by atoms with E-state index in [1.165, 1.54) is 12.8 Å². The molecule has 0 aromatic rings. The lowest BCUT2D eigenvalue weighted by molar-refractivity contribution is -0.0352. The lowest BCUT2D eigenvalue weighted by Crippen LogP contribution is -2.46. The Labute approximate surface area is 109 Å². The summed E-state index contributed by atoms with van der Waals surface area (Å²) < 4.78 is 0. The van der Waals surface area contributed by atoms with Crippen LogP contribution >= 0.6 is 0 Å². The van der Waals surface area contributed by atoms with E-state index in [0.29, 0.717) is 5.41 Å². The van der Waals surface area contributed by atoms with Gasteiger partial charge in [0.2, 0.25) is 0 Å². The minimum atomic E-state index is 0.660. The zero-order valence-corrected chi connectivity index (χ0v) is 13.0. The summed E-state index contributed by atoms with van der Waals surface area (Å²) in [6.07, 6.45) is 3.00. The van der Waals surface area contributed by atoms with Gasteiger partial charge in [-0.25, -0.2) is 0 Å². The van der Waals surface area contributed by atoms with E-state index in [2.05, 4.69) is 48.5 Å². The van der Waals surface area contributed by atoms with Crippen LogP contribution in [0.25, 0.3) is 0 Å². The standard InChI is InChI=1S/C17H32/c1-10(2)12(5)14-8-13(11(3)4)16(14)15-9-17(15,6)7/h10-16H,8-9H2,1-7H3. The maximum absolute atomic E-state index is 2.49. The Balaban J connectivity index is 2.05. The van der Waals surface area contributed by atoms with Crippen molar-refractivity contribution in [1.29, 1.82) is 0 Å². The first-order valence-corrected chi connectivity index (χ1v) is 7.75. The molecule has 0 heterocycles. The molecular weight excluding hydrogens is 204 g/mol. The molecule has 5 unspecified atom stereocenters. The van der Waals surface area contributed by atoms with Gasteiger partial charge >= 0.3 is 0 Å². The molecule has 0 aromatic heterocycles. The largest absolute Gasteiger partial charge is 0.0625 e. The molecule has 0 saturated heterocycles. The lowest BCUT2D eigenvalue weighted by atomic mass is 9.53. The SMILES string of the molecule is CC(C)C(C)C1CC(C(C)C)C1C1CC1(C)C. The highest BCUT2D eigenvalue weighted by Crippen LogP contribution is 2.66. The van der Waals surface area contributed by atoms with Crippen molar-refractivity contribution in [2.24, 2.45) is 46.8 Å². The topological polar surface area (TPSA) is 0 Å². The number of hydrogen-bond donors (Lipinski definition) is 0. The van der Waals surface area contributed by atoms with Gasteiger partial charge in [-0.1, -0.05) is 48.5 Å². The average Bonchev–Trinajstić information content (AvgIpc) is 2.71. The minimum absolute atomic E-state index is 0.660. The van der Waals surface area contributed by atoms with E-state index in [-0.39, 0.29) is 0 Å². The number of hydrogen-bond acceptors (Lipinski definition) is 0. The Morgan fingerprint density at radius 3 is 1.82 bits per heavy atom. The van der Waals surface area contributed by atoms with E-state index in [9.17, 15) is 0 Å². The van der Waals surface area contributed by atoms with Crippen molar-refractivity contribution in [2.45, 2.75) is 61.3 Å². The van der Waals surface area contributed by atoms with E-state index in [1.54, 1.807) is 0 Å². The van der Waals surface area contributed by atoms with Gasteiger partial charge in [-0.05, 0) is 59.7 Å². The van der Waals surface area contributed by atoms with Crippen molar-refractivity contribution < 1.29 is 0 Å². The summed E-state index contributed by atoms with van der Waals surface area (Å²) >= 11 is 0. The summed E-state index contributed by atoms with van der Waals surface area (Å²) in [6, 6.07) is 0. The summed E-state index contributed by atoms with van der Waals surface area (Å²) in [5.74, 6) is 6.80. The fourth-order valence-corrected chi connectivity index (χ4v) is 4.29. The second kappa shape index (κ2) is 4.28. The van der Waals surface area contributed by atoms with Crippen LogP contribution in [0.15, 0.2) is 0 Å². The molecule has 0 aromatic carbocycles. The van der Waals surface area contributed by atoms with Gasteiger partial charge in [0.25, 0.3) is 0 Å². The maximum Gasteiger partial charge on any atom is -0.0318 e. The molecule has 0 aliphatic heterocycles. The molecule has 0 radical (unpaired) electrons. The monoisotopic (exact) mass is 236 g/mol. The zero-order chi connectivity index (χ0) is 13.0. The van der Waals surface area contributed by atoms with Crippen LogP contribution in [0.2, 0.25) is 0 Å². The molecule has 0 nitrogen and oxygen atoms in total. The maximum atomic E-state index is 2.49. The summed E-state index contributed by atoms with van der Waals surface area (Å²) in [5, 5.41) is 0. The molecule has 0 amide bonds. The van der Waals surface area contributed by atoms with Crippen LogP contribution in [-0.4, -0.2) is 0 Å². The van der Waals surface area contributed by atoms with E-state index < -0.39 is 0 Å². The molecule has 0 heteroatoms. The molecule has 2 rings (SSSR count). The third-order valence-corrected chi connectivity index (χ3v) is 6.17. The summed E-state index contributed by atoms with van der Waals surface area (Å²) in [5.41, 5.74) is 0.660. The van der Waals surface area contributed by atoms with Gasteiger partial charge in [-0.2, -0.15) is 0 Å². The van der Waals surface area contributed by atoms with Gasteiger partial charge in [0.1, 0.15) is 0 Å². The van der Waals surface area contributed by atoms with Crippen molar-refractivity contribution in [2.75, 3.05) is 0 Å². The van der Waals surface area contributed by atoms with Crippen molar-refractivity contribution in [3.63, 3.8) is 0 Å². The predicted octanol–water partition coefficient (Wildman–Crippen LogP) is 5.23. The predicted molar refractivity (Wildman–Crippen MR) is 75.8 cm³/mol. The van der Waals surface area contributed by atoms with Crippen LogP contribution in [0.1, 0.15) is 61.3 Å². The van der Waals surface area contributed by atoms with Crippen molar-refractivity contribution >= 4 is 0 Å². The molecule has 100 valence electrons. The first-order valence-electron chi connectivity index (χ1n) is 7.75. The molecule has 0 bridgehead atoms. The van der Waals surface area contributed by atoms with Crippen LogP contribution < -0.4 is 0 Å². The highest BCUT2D eigenvalue weighted by molar-refractivity contribution is 5.08. The fraction of sp³-hybridized carbons (Fsp3) is 1.00. The van der Waals surface area contributed by atoms with Gasteiger partial charge < -0.3 is 0 Å². The first-order chi connectivity index (χ1) is 7.75. The summed E-state index contributed by atoms with van der Waals surface area (Å²) in [4.78, 5) is 0. The molecule has 17 heavy (non-hydrogen) atoms. The molecule has 2 saturated carbocycles. The van der Waals surface area contributed by atoms with E-state index in [1.807, 2.05) is 0 Å². The van der Waals surface area contributed by atoms with Crippen molar-refractivity contribution in [3.05, 3.63) is 0 Å². The van der Waals surface area contributed by atoms with Crippen LogP contribution in [0.5, 0.6) is 0 Å². The lowest BCUT2D eigenvalue weighted by Gasteiger charge is -2.52. The molecule has 5 atom stereocenters. The van der Waals surface area contributed by atoms with E-state index in [0.717, 1.165) is 41.4 Å². The second-order valence-electron chi connectivity index (χ2n) is 8.29. The average molecular weight is 236 g/mol. The highest BCUT2D eigenvalue weighted by atomic mass is 14.6. The third-order valence-electron chi connectivity index (χ3n) is 6.17. The van der Waals surface area contributed by atoms with Gasteiger partial charge in [-0.15, -0.1) is 0 Å². The van der Waals surface area contributed by atoms with Crippen molar-refractivity contribution in [3.8, 4) is 0 Å². The van der Waals surface area contributed by atoms with Gasteiger partial charge in [-0.3, -0.25) is 0 Å². The molecule has 2 aliphatic rings. The van der Waals surface area contributed by atoms with Crippen LogP contribution in [0.4, 0.5) is 0 Å². The van der Waals surface area contributed by atoms with Crippen LogP contribution in [-0.2, 0) is 0 Å². The van der Waals surface area contributed by atoms with E-state index in [4.69, 9.17) is 0 Å². The van der Waals surface area contributed by atoms with Gasteiger partial charge in [0, 0.05) is 0 Å². The second-order valence-corrected chi connectivity index (χ2v) is 8.29. The Kier molecular flexibility index (Phi) is 3.38. The van der Waals surface area contributed by atoms with Crippen LogP contribution in [0.3, 0.4) is 0 Å². The molecule has 0 spiro atoms. The third kappa shape index (κ3) is 2.29. The van der Waals surface area contributed by atoms with Gasteiger partial charge in [0.05, 0.1) is 0 Å². The summed E-state index contributed by atoms with van der Waals surface area (Å²) in [7, 11) is 0. The normalized spacial score (nSPS) is 41.5.